The number of rotatable bonds is 4. The maximum absolute atomic E-state index is 5.64. The van der Waals surface area contributed by atoms with Gasteiger partial charge in [-0.3, -0.25) is 0 Å². The van der Waals surface area contributed by atoms with E-state index < -0.39 is 5.60 Å². The molecule has 18 heavy (non-hydrogen) atoms. The summed E-state index contributed by atoms with van der Waals surface area (Å²) in [6.45, 7) is 5.15. The first kappa shape index (κ1) is 13.2. The van der Waals surface area contributed by atoms with E-state index in [-0.39, 0.29) is 0 Å². The molecule has 0 bridgehead atoms. The highest BCUT2D eigenvalue weighted by atomic mass is 16.6. The third-order valence-corrected chi connectivity index (χ3v) is 3.77. The van der Waals surface area contributed by atoms with Gasteiger partial charge in [-0.25, -0.2) is 0 Å². The van der Waals surface area contributed by atoms with Crippen molar-refractivity contribution in [2.24, 2.45) is 0 Å². The minimum absolute atomic E-state index is 0.406. The van der Waals surface area contributed by atoms with E-state index in [0.29, 0.717) is 13.2 Å². The van der Waals surface area contributed by atoms with Crippen LogP contribution in [0.1, 0.15) is 16.7 Å². The molecule has 1 aromatic carbocycles. The molecule has 1 heterocycles. The number of methoxy groups -OCH3 is 3. The zero-order valence-corrected chi connectivity index (χ0v) is 11.6. The first-order chi connectivity index (χ1) is 8.59. The molecule has 0 amide bonds. The molecule has 0 unspecified atom stereocenters. The Bertz CT molecular complexity index is 444. The molecule has 4 heteroatoms. The van der Waals surface area contributed by atoms with Gasteiger partial charge in [-0.05, 0) is 31.0 Å². The largest absolute Gasteiger partial charge is 0.496 e. The molecule has 0 radical (unpaired) electrons. The summed E-state index contributed by atoms with van der Waals surface area (Å²) >= 11 is 0. The summed E-state index contributed by atoms with van der Waals surface area (Å²) in [5, 5.41) is 0. The maximum Gasteiger partial charge on any atom is 0.143 e. The van der Waals surface area contributed by atoms with Gasteiger partial charge in [-0.15, -0.1) is 0 Å². The van der Waals surface area contributed by atoms with E-state index in [1.807, 2.05) is 19.9 Å². The second-order valence-electron chi connectivity index (χ2n) is 4.60. The van der Waals surface area contributed by atoms with Gasteiger partial charge in [0, 0.05) is 12.7 Å². The van der Waals surface area contributed by atoms with Crippen molar-refractivity contribution in [2.45, 2.75) is 19.4 Å². The lowest BCUT2D eigenvalue weighted by Crippen LogP contribution is -2.48. The van der Waals surface area contributed by atoms with Gasteiger partial charge in [0.2, 0.25) is 0 Å². The normalized spacial score (nSPS) is 17.2. The van der Waals surface area contributed by atoms with Gasteiger partial charge in [0.05, 0.1) is 27.4 Å². The van der Waals surface area contributed by atoms with Crippen molar-refractivity contribution in [2.75, 3.05) is 34.5 Å². The molecule has 0 aromatic heterocycles. The van der Waals surface area contributed by atoms with E-state index >= 15 is 0 Å². The molecule has 0 N–H and O–H groups in total. The minimum Gasteiger partial charge on any atom is -0.496 e. The Hall–Kier alpha value is -1.26. The Kier molecular flexibility index (Phi) is 3.50. The smallest absolute Gasteiger partial charge is 0.143 e. The highest BCUT2D eigenvalue weighted by molar-refractivity contribution is 5.55. The standard InChI is InChI=1S/C14H20O4/c1-9-10(2)13(16-4)11(6-12(9)15-3)14(17-5)7-18-8-14/h6H,7-8H2,1-5H3. The Morgan fingerprint density at radius 3 is 2.11 bits per heavy atom. The number of hydrogen-bond acceptors (Lipinski definition) is 4. The average molecular weight is 252 g/mol. The van der Waals surface area contributed by atoms with Crippen LogP contribution in [0.3, 0.4) is 0 Å². The Balaban J connectivity index is 2.61. The van der Waals surface area contributed by atoms with Crippen molar-refractivity contribution in [3.05, 3.63) is 22.8 Å². The van der Waals surface area contributed by atoms with Crippen LogP contribution in [0.25, 0.3) is 0 Å². The Morgan fingerprint density at radius 1 is 1.06 bits per heavy atom. The predicted octanol–water partition coefficient (Wildman–Crippen LogP) is 2.19. The molecule has 1 saturated heterocycles. The van der Waals surface area contributed by atoms with E-state index in [9.17, 15) is 0 Å². The molecular formula is C14H20O4. The van der Waals surface area contributed by atoms with Crippen molar-refractivity contribution < 1.29 is 18.9 Å². The fourth-order valence-electron chi connectivity index (χ4n) is 2.35. The first-order valence-corrected chi connectivity index (χ1v) is 5.95. The van der Waals surface area contributed by atoms with Crippen LogP contribution in [-0.2, 0) is 15.1 Å². The molecule has 1 aliphatic rings. The first-order valence-electron chi connectivity index (χ1n) is 5.95. The lowest BCUT2D eigenvalue weighted by molar-refractivity contribution is -0.203. The second-order valence-corrected chi connectivity index (χ2v) is 4.60. The molecule has 2 rings (SSSR count). The summed E-state index contributed by atoms with van der Waals surface area (Å²) < 4.78 is 21.9. The SMILES string of the molecule is COc1cc(C2(OC)COC2)c(OC)c(C)c1C. The van der Waals surface area contributed by atoms with Crippen molar-refractivity contribution >= 4 is 0 Å². The van der Waals surface area contributed by atoms with Crippen LogP contribution in [0.5, 0.6) is 11.5 Å². The molecule has 0 aliphatic carbocycles. The van der Waals surface area contributed by atoms with E-state index in [1.165, 1.54) is 0 Å². The maximum atomic E-state index is 5.64. The molecule has 0 saturated carbocycles. The van der Waals surface area contributed by atoms with Crippen LogP contribution in [0.2, 0.25) is 0 Å². The Labute approximate surface area is 108 Å². The van der Waals surface area contributed by atoms with Crippen molar-refractivity contribution in [1.82, 2.24) is 0 Å². The predicted molar refractivity (Wildman–Crippen MR) is 68.5 cm³/mol. The zero-order valence-electron chi connectivity index (χ0n) is 11.6. The summed E-state index contributed by atoms with van der Waals surface area (Å²) in [7, 11) is 5.05. The quantitative estimate of drug-likeness (QED) is 0.823. The van der Waals surface area contributed by atoms with Gasteiger partial charge in [0.1, 0.15) is 17.1 Å². The van der Waals surface area contributed by atoms with Gasteiger partial charge in [0.25, 0.3) is 0 Å². The lowest BCUT2D eigenvalue weighted by Gasteiger charge is -2.41. The molecular weight excluding hydrogens is 232 g/mol. The monoisotopic (exact) mass is 252 g/mol. The second kappa shape index (κ2) is 4.78. The van der Waals surface area contributed by atoms with Crippen LogP contribution in [-0.4, -0.2) is 34.5 Å². The van der Waals surface area contributed by atoms with Crippen LogP contribution >= 0.6 is 0 Å². The zero-order chi connectivity index (χ0) is 13.3. The minimum atomic E-state index is -0.406. The topological polar surface area (TPSA) is 36.9 Å². The fourth-order valence-corrected chi connectivity index (χ4v) is 2.35. The molecule has 1 aliphatic heterocycles. The third kappa shape index (κ3) is 1.76. The number of benzene rings is 1. The summed E-state index contributed by atoms with van der Waals surface area (Å²) in [6.07, 6.45) is 0. The van der Waals surface area contributed by atoms with Crippen LogP contribution < -0.4 is 9.47 Å². The summed E-state index contributed by atoms with van der Waals surface area (Å²) in [5.74, 6) is 1.71. The van der Waals surface area contributed by atoms with E-state index in [2.05, 4.69) is 0 Å². The van der Waals surface area contributed by atoms with Gasteiger partial charge in [-0.2, -0.15) is 0 Å². The summed E-state index contributed by atoms with van der Waals surface area (Å²) in [4.78, 5) is 0. The van der Waals surface area contributed by atoms with Gasteiger partial charge in [-0.1, -0.05) is 0 Å². The molecule has 100 valence electrons. The molecule has 0 atom stereocenters. The van der Waals surface area contributed by atoms with Gasteiger partial charge in [0.15, 0.2) is 0 Å². The summed E-state index contributed by atoms with van der Waals surface area (Å²) in [5.41, 5.74) is 2.76. The van der Waals surface area contributed by atoms with E-state index in [1.54, 1.807) is 21.3 Å². The van der Waals surface area contributed by atoms with Crippen molar-refractivity contribution in [3.8, 4) is 11.5 Å². The van der Waals surface area contributed by atoms with Crippen molar-refractivity contribution in [3.63, 3.8) is 0 Å². The van der Waals surface area contributed by atoms with E-state index in [0.717, 1.165) is 28.2 Å². The lowest BCUT2D eigenvalue weighted by atomic mass is 9.87. The van der Waals surface area contributed by atoms with Crippen LogP contribution in [0.15, 0.2) is 6.07 Å². The van der Waals surface area contributed by atoms with Gasteiger partial charge >= 0.3 is 0 Å². The van der Waals surface area contributed by atoms with Crippen molar-refractivity contribution in [1.29, 1.82) is 0 Å². The van der Waals surface area contributed by atoms with Crippen LogP contribution in [0.4, 0.5) is 0 Å². The van der Waals surface area contributed by atoms with Gasteiger partial charge < -0.3 is 18.9 Å². The highest BCUT2D eigenvalue weighted by Crippen LogP contribution is 2.43. The Morgan fingerprint density at radius 2 is 1.72 bits per heavy atom. The number of hydrogen-bond donors (Lipinski definition) is 0. The molecule has 4 nitrogen and oxygen atoms in total. The van der Waals surface area contributed by atoms with Crippen LogP contribution in [0, 0.1) is 13.8 Å². The van der Waals surface area contributed by atoms with E-state index in [4.69, 9.17) is 18.9 Å². The molecule has 0 spiro atoms. The average Bonchev–Trinajstić information content (AvgIpc) is 2.33. The summed E-state index contributed by atoms with van der Waals surface area (Å²) in [6, 6.07) is 1.99. The third-order valence-electron chi connectivity index (χ3n) is 3.77. The molecule has 1 fully saturated rings. The number of ether oxygens (including phenoxy) is 4. The molecule has 1 aromatic rings. The highest BCUT2D eigenvalue weighted by Gasteiger charge is 2.43. The fraction of sp³-hybridized carbons (Fsp3) is 0.571.